The minimum atomic E-state index is 0.403. The van der Waals surface area contributed by atoms with Gasteiger partial charge < -0.3 is 10.6 Å². The van der Waals surface area contributed by atoms with Crippen molar-refractivity contribution in [1.29, 1.82) is 0 Å². The Kier molecular flexibility index (Phi) is 24.2. The number of thioether (sulfide) groups is 1. The van der Waals surface area contributed by atoms with Crippen molar-refractivity contribution in [2.24, 2.45) is 11.8 Å². The van der Waals surface area contributed by atoms with Crippen molar-refractivity contribution in [3.8, 4) is 0 Å². The summed E-state index contributed by atoms with van der Waals surface area (Å²) in [5.74, 6) is 4.28. The Morgan fingerprint density at radius 2 is 0.967 bits per heavy atom. The summed E-state index contributed by atoms with van der Waals surface area (Å²) in [5, 5.41) is 6.55. The molecular formula is C26H59N3S. The molecule has 0 spiro atoms. The highest BCUT2D eigenvalue weighted by Gasteiger charge is 2.22. The summed E-state index contributed by atoms with van der Waals surface area (Å²) in [5.41, 5.74) is 0.403. The lowest BCUT2D eigenvalue weighted by Crippen LogP contribution is -2.44. The van der Waals surface area contributed by atoms with Gasteiger partial charge in [-0.1, -0.05) is 54.4 Å². The molecule has 0 amide bonds. The molecule has 2 N–H and O–H groups in total. The first-order valence-corrected chi connectivity index (χ1v) is 14.0. The molecule has 0 radical (unpaired) electrons. The zero-order valence-electron chi connectivity index (χ0n) is 22.4. The average Bonchev–Trinajstić information content (AvgIpc) is 2.71. The zero-order chi connectivity index (χ0) is 23.3. The average molecular weight is 446 g/mol. The van der Waals surface area contributed by atoms with Gasteiger partial charge in [-0.05, 0) is 84.5 Å². The molecule has 0 bridgehead atoms. The van der Waals surface area contributed by atoms with Crippen LogP contribution in [0.3, 0.4) is 0 Å². The zero-order valence-corrected chi connectivity index (χ0v) is 23.2. The van der Waals surface area contributed by atoms with Crippen molar-refractivity contribution in [2.45, 2.75) is 106 Å². The van der Waals surface area contributed by atoms with E-state index >= 15 is 0 Å². The maximum Gasteiger partial charge on any atom is 0.0125 e. The molecule has 3 saturated heterocycles. The monoisotopic (exact) mass is 445 g/mol. The summed E-state index contributed by atoms with van der Waals surface area (Å²) in [4.78, 5) is 2.58. The van der Waals surface area contributed by atoms with Crippen LogP contribution in [0.1, 0.15) is 101 Å². The molecule has 30 heavy (non-hydrogen) atoms. The van der Waals surface area contributed by atoms with E-state index in [1.54, 1.807) is 0 Å². The van der Waals surface area contributed by atoms with Crippen molar-refractivity contribution in [3.05, 3.63) is 0 Å². The van der Waals surface area contributed by atoms with Crippen LogP contribution in [0.2, 0.25) is 0 Å². The van der Waals surface area contributed by atoms with Crippen LogP contribution in [0.25, 0.3) is 0 Å². The highest BCUT2D eigenvalue weighted by molar-refractivity contribution is 7.99. The lowest BCUT2D eigenvalue weighted by molar-refractivity contribution is 0.111. The second kappa shape index (κ2) is 22.4. The van der Waals surface area contributed by atoms with Crippen molar-refractivity contribution >= 4 is 11.8 Å². The van der Waals surface area contributed by atoms with Gasteiger partial charge in [0.25, 0.3) is 0 Å². The molecule has 184 valence electrons. The Balaban J connectivity index is 0. The number of hydrogen-bond donors (Lipinski definition) is 2. The standard InChI is InChI=1S/C9H19N.C5H11N.C4H9NS.2C4H10/c1-9(2,3)10-7-5-4-6-8-10;1-2-4-6-5-3-1;1-3-6-4-2-5-1;2*1-4(2)3/h4-8H2,1-3H3;6H,1-5H2;5H,1-4H2;2*4H,1-3H3. The number of nitrogens with one attached hydrogen (secondary N) is 2. The summed E-state index contributed by atoms with van der Waals surface area (Å²) >= 11 is 2.03. The van der Waals surface area contributed by atoms with Crippen LogP contribution in [0.5, 0.6) is 0 Å². The molecule has 3 aliphatic rings. The van der Waals surface area contributed by atoms with Gasteiger partial charge in [0, 0.05) is 30.1 Å². The van der Waals surface area contributed by atoms with Crippen LogP contribution in [-0.4, -0.2) is 61.2 Å². The fourth-order valence-electron chi connectivity index (χ4n) is 2.88. The molecule has 0 unspecified atom stereocenters. The normalized spacial score (nSPS) is 19.7. The Labute approximate surface area is 196 Å². The molecule has 4 heteroatoms. The van der Waals surface area contributed by atoms with Crippen LogP contribution in [0, 0.1) is 11.8 Å². The summed E-state index contributed by atoms with van der Waals surface area (Å²) in [7, 11) is 0. The maximum atomic E-state index is 3.28. The van der Waals surface area contributed by atoms with E-state index in [9.17, 15) is 0 Å². The van der Waals surface area contributed by atoms with Crippen LogP contribution in [-0.2, 0) is 0 Å². The first kappa shape index (κ1) is 32.4. The van der Waals surface area contributed by atoms with E-state index in [2.05, 4.69) is 77.8 Å². The van der Waals surface area contributed by atoms with E-state index in [1.807, 2.05) is 11.8 Å². The molecule has 3 heterocycles. The largest absolute Gasteiger partial charge is 0.317 e. The maximum absolute atomic E-state index is 3.28. The fraction of sp³-hybridized carbons (Fsp3) is 1.00. The predicted octanol–water partition coefficient (Wildman–Crippen LogP) is 6.68. The fourth-order valence-corrected chi connectivity index (χ4v) is 3.66. The van der Waals surface area contributed by atoms with Crippen molar-refractivity contribution < 1.29 is 0 Å². The lowest BCUT2D eigenvalue weighted by Gasteiger charge is -2.38. The number of piperidine rings is 2. The third-order valence-corrected chi connectivity index (χ3v) is 5.34. The molecule has 0 atom stereocenters. The van der Waals surface area contributed by atoms with E-state index in [-0.39, 0.29) is 0 Å². The first-order valence-electron chi connectivity index (χ1n) is 12.8. The summed E-state index contributed by atoms with van der Waals surface area (Å²) in [6.07, 6.45) is 8.45. The second-order valence-corrected chi connectivity index (χ2v) is 12.1. The molecule has 0 aromatic rings. The van der Waals surface area contributed by atoms with Crippen LogP contribution in [0.15, 0.2) is 0 Å². The molecular weight excluding hydrogens is 386 g/mol. The second-order valence-electron chi connectivity index (χ2n) is 10.9. The van der Waals surface area contributed by atoms with Crippen LogP contribution in [0.4, 0.5) is 0 Å². The molecule has 0 aromatic carbocycles. The summed E-state index contributed by atoms with van der Waals surface area (Å²) in [6, 6.07) is 0. The predicted molar refractivity (Wildman–Crippen MR) is 143 cm³/mol. The van der Waals surface area contributed by atoms with Gasteiger partial charge in [-0.15, -0.1) is 0 Å². The Hall–Kier alpha value is 0.230. The van der Waals surface area contributed by atoms with Crippen molar-refractivity contribution in [1.82, 2.24) is 15.5 Å². The van der Waals surface area contributed by atoms with E-state index in [0.717, 1.165) is 11.8 Å². The van der Waals surface area contributed by atoms with Crippen LogP contribution >= 0.6 is 11.8 Å². The number of hydrogen-bond acceptors (Lipinski definition) is 4. The molecule has 3 aliphatic heterocycles. The van der Waals surface area contributed by atoms with E-state index < -0.39 is 0 Å². The molecule has 0 aromatic heterocycles. The van der Waals surface area contributed by atoms with Gasteiger partial charge in [0.2, 0.25) is 0 Å². The summed E-state index contributed by atoms with van der Waals surface area (Å²) < 4.78 is 0. The van der Waals surface area contributed by atoms with Gasteiger partial charge in [-0.2, -0.15) is 11.8 Å². The Bertz CT molecular complexity index is 266. The Morgan fingerprint density at radius 1 is 0.600 bits per heavy atom. The molecule has 0 aliphatic carbocycles. The molecule has 3 fully saturated rings. The highest BCUT2D eigenvalue weighted by atomic mass is 32.2. The minimum Gasteiger partial charge on any atom is -0.317 e. The van der Waals surface area contributed by atoms with E-state index in [4.69, 9.17) is 0 Å². The number of likely N-dealkylation sites (tertiary alicyclic amines) is 1. The highest BCUT2D eigenvalue weighted by Crippen LogP contribution is 2.19. The van der Waals surface area contributed by atoms with Gasteiger partial charge >= 0.3 is 0 Å². The van der Waals surface area contributed by atoms with Crippen LogP contribution < -0.4 is 10.6 Å². The third-order valence-electron chi connectivity index (χ3n) is 4.36. The van der Waals surface area contributed by atoms with E-state index in [0.29, 0.717) is 5.54 Å². The number of nitrogens with zero attached hydrogens (tertiary/aromatic N) is 1. The van der Waals surface area contributed by atoms with E-state index in [1.165, 1.54) is 89.3 Å². The molecule has 3 nitrogen and oxygen atoms in total. The van der Waals surface area contributed by atoms with Gasteiger partial charge in [0.1, 0.15) is 0 Å². The SMILES string of the molecule is C1CCNCC1.C1CSCCN1.CC(C)(C)N1CCCCC1.CC(C)C.CC(C)C. The summed E-state index contributed by atoms with van der Waals surface area (Å²) in [6.45, 7) is 27.5. The quantitative estimate of drug-likeness (QED) is 0.435. The van der Waals surface area contributed by atoms with Gasteiger partial charge in [-0.3, -0.25) is 4.90 Å². The minimum absolute atomic E-state index is 0.403. The molecule has 3 rings (SSSR count). The van der Waals surface area contributed by atoms with Crippen molar-refractivity contribution in [2.75, 3.05) is 50.8 Å². The van der Waals surface area contributed by atoms with Gasteiger partial charge in [-0.25, -0.2) is 0 Å². The number of rotatable bonds is 0. The van der Waals surface area contributed by atoms with Gasteiger partial charge in [0.15, 0.2) is 0 Å². The lowest BCUT2D eigenvalue weighted by atomic mass is 10.0. The first-order chi connectivity index (χ1) is 14.1. The molecule has 0 saturated carbocycles. The Morgan fingerprint density at radius 3 is 1.13 bits per heavy atom. The van der Waals surface area contributed by atoms with Gasteiger partial charge in [0.05, 0.1) is 0 Å². The smallest absolute Gasteiger partial charge is 0.0125 e. The third kappa shape index (κ3) is 30.4. The topological polar surface area (TPSA) is 27.3 Å². The van der Waals surface area contributed by atoms with Crippen molar-refractivity contribution in [3.63, 3.8) is 0 Å².